The molecule has 0 aromatic carbocycles. The van der Waals surface area contributed by atoms with Crippen LogP contribution in [0.3, 0.4) is 0 Å². The van der Waals surface area contributed by atoms with E-state index in [0.717, 1.165) is 9.36 Å². The van der Waals surface area contributed by atoms with Crippen LogP contribution in [0, 0.1) is 0 Å². The van der Waals surface area contributed by atoms with Gasteiger partial charge < -0.3 is 5.11 Å². The van der Waals surface area contributed by atoms with Crippen LogP contribution >= 0.6 is 0 Å². The minimum atomic E-state index is -1.28. The summed E-state index contributed by atoms with van der Waals surface area (Å²) >= 11 is 0. The molecule has 0 saturated heterocycles. The molecule has 108 valence electrons. The number of nitrogens with one attached hydrogen (secondary N) is 1. The lowest BCUT2D eigenvalue weighted by Crippen LogP contribution is -2.43. The average molecular weight is 283 g/mol. The number of hydrazine groups is 1. The van der Waals surface area contributed by atoms with Gasteiger partial charge in [-0.15, -0.1) is 0 Å². The van der Waals surface area contributed by atoms with Crippen LogP contribution in [0.5, 0.6) is 0 Å². The smallest absolute Gasteiger partial charge is 0.349 e. The molecule has 0 aliphatic carbocycles. The SMILES string of the molecule is CC(C(=O)NN)n1c(=O)n2n(c1=O)C(C(=O)O)C=CC2. The quantitative estimate of drug-likeness (QED) is 0.243. The summed E-state index contributed by atoms with van der Waals surface area (Å²) in [5, 5.41) is 9.07. The molecule has 10 nitrogen and oxygen atoms in total. The number of amides is 1. The normalized spacial score (nSPS) is 18.4. The van der Waals surface area contributed by atoms with Gasteiger partial charge in [0.25, 0.3) is 5.91 Å². The van der Waals surface area contributed by atoms with Crippen LogP contribution in [0.4, 0.5) is 0 Å². The zero-order valence-corrected chi connectivity index (χ0v) is 10.5. The number of aromatic nitrogens is 3. The summed E-state index contributed by atoms with van der Waals surface area (Å²) in [5.74, 6) is 2.97. The van der Waals surface area contributed by atoms with E-state index in [1.54, 1.807) is 0 Å². The third-order valence-corrected chi connectivity index (χ3v) is 3.11. The summed E-state index contributed by atoms with van der Waals surface area (Å²) in [6.45, 7) is 1.38. The van der Waals surface area contributed by atoms with Crippen molar-refractivity contribution in [3.63, 3.8) is 0 Å². The van der Waals surface area contributed by atoms with E-state index in [0.29, 0.717) is 4.57 Å². The molecule has 10 heteroatoms. The van der Waals surface area contributed by atoms with Crippen LogP contribution in [0.15, 0.2) is 21.7 Å². The highest BCUT2D eigenvalue weighted by Gasteiger charge is 2.30. The second kappa shape index (κ2) is 4.81. The third kappa shape index (κ3) is 1.86. The second-order valence-electron chi connectivity index (χ2n) is 4.26. The number of fused-ring (bicyclic) bond motifs is 1. The maximum Gasteiger partial charge on any atom is 0.349 e. The molecule has 1 aromatic rings. The molecule has 0 saturated carbocycles. The van der Waals surface area contributed by atoms with Crippen LogP contribution < -0.4 is 22.6 Å². The Morgan fingerprint density at radius 2 is 2.10 bits per heavy atom. The third-order valence-electron chi connectivity index (χ3n) is 3.11. The number of carbonyl (C=O) groups is 2. The molecule has 2 heterocycles. The van der Waals surface area contributed by atoms with Crippen LogP contribution in [0.1, 0.15) is 19.0 Å². The van der Waals surface area contributed by atoms with Crippen LogP contribution in [-0.2, 0) is 16.1 Å². The van der Waals surface area contributed by atoms with Gasteiger partial charge in [0.2, 0.25) is 0 Å². The van der Waals surface area contributed by atoms with Gasteiger partial charge in [-0.05, 0) is 6.92 Å². The van der Waals surface area contributed by atoms with Gasteiger partial charge in [-0.2, -0.15) is 0 Å². The Kier molecular flexibility index (Phi) is 3.32. The second-order valence-corrected chi connectivity index (χ2v) is 4.26. The number of nitrogens with two attached hydrogens (primary N) is 1. The van der Waals surface area contributed by atoms with Gasteiger partial charge in [0, 0.05) is 0 Å². The molecule has 1 aliphatic heterocycles. The lowest BCUT2D eigenvalue weighted by atomic mass is 10.2. The number of carboxylic acid groups (broad SMARTS) is 1. The zero-order chi connectivity index (χ0) is 15.0. The molecular formula is C10H13N5O5. The predicted molar refractivity (Wildman–Crippen MR) is 65.8 cm³/mol. The van der Waals surface area contributed by atoms with Gasteiger partial charge in [-0.25, -0.2) is 34.2 Å². The van der Waals surface area contributed by atoms with Crippen molar-refractivity contribution in [2.45, 2.75) is 25.6 Å². The summed E-state index contributed by atoms with van der Waals surface area (Å²) in [6, 6.07) is -2.42. The molecule has 0 radical (unpaired) electrons. The summed E-state index contributed by atoms with van der Waals surface area (Å²) in [6.07, 6.45) is 2.78. The number of hydrogen-bond donors (Lipinski definition) is 3. The van der Waals surface area contributed by atoms with Gasteiger partial charge in [-0.1, -0.05) is 12.2 Å². The van der Waals surface area contributed by atoms with E-state index in [1.165, 1.54) is 19.1 Å². The van der Waals surface area contributed by atoms with Crippen molar-refractivity contribution in [1.29, 1.82) is 0 Å². The number of allylic oxidation sites excluding steroid dienone is 1. The Labute approximate surface area is 111 Å². The van der Waals surface area contributed by atoms with Crippen molar-refractivity contribution in [2.75, 3.05) is 0 Å². The molecule has 2 rings (SSSR count). The fourth-order valence-electron chi connectivity index (χ4n) is 2.07. The Morgan fingerprint density at radius 3 is 2.65 bits per heavy atom. The maximum absolute atomic E-state index is 12.2. The van der Waals surface area contributed by atoms with Crippen molar-refractivity contribution in [2.24, 2.45) is 5.84 Å². The number of nitrogens with zero attached hydrogens (tertiary/aromatic N) is 3. The highest BCUT2D eigenvalue weighted by molar-refractivity contribution is 5.79. The molecule has 0 spiro atoms. The molecule has 1 amide bonds. The van der Waals surface area contributed by atoms with Crippen LogP contribution in [0.2, 0.25) is 0 Å². The summed E-state index contributed by atoms with van der Waals surface area (Å²) in [4.78, 5) is 46.9. The number of rotatable bonds is 3. The Balaban J connectivity index is 2.66. The Morgan fingerprint density at radius 1 is 1.45 bits per heavy atom. The van der Waals surface area contributed by atoms with Crippen LogP contribution in [-0.4, -0.2) is 30.9 Å². The van der Waals surface area contributed by atoms with E-state index in [9.17, 15) is 19.2 Å². The number of aliphatic carboxylic acids is 1. The highest BCUT2D eigenvalue weighted by atomic mass is 16.4. The Bertz CT molecular complexity index is 709. The lowest BCUT2D eigenvalue weighted by molar-refractivity contribution is -0.140. The van der Waals surface area contributed by atoms with E-state index < -0.39 is 35.3 Å². The van der Waals surface area contributed by atoms with Gasteiger partial charge in [0.15, 0.2) is 6.04 Å². The van der Waals surface area contributed by atoms with Gasteiger partial charge in [0.1, 0.15) is 6.04 Å². The molecule has 0 bridgehead atoms. The number of carbonyl (C=O) groups excluding carboxylic acids is 1. The van der Waals surface area contributed by atoms with Crippen molar-refractivity contribution >= 4 is 11.9 Å². The molecule has 2 unspecified atom stereocenters. The minimum absolute atomic E-state index is 0.0574. The molecule has 20 heavy (non-hydrogen) atoms. The van der Waals surface area contributed by atoms with Crippen molar-refractivity contribution < 1.29 is 14.7 Å². The molecule has 2 atom stereocenters. The van der Waals surface area contributed by atoms with E-state index in [-0.39, 0.29) is 6.54 Å². The predicted octanol–water partition coefficient (Wildman–Crippen LogP) is -2.44. The number of hydrogen-bond acceptors (Lipinski definition) is 5. The monoisotopic (exact) mass is 283 g/mol. The molecular weight excluding hydrogens is 270 g/mol. The first-order valence-corrected chi connectivity index (χ1v) is 5.74. The van der Waals surface area contributed by atoms with Gasteiger partial charge in [-0.3, -0.25) is 10.2 Å². The summed E-state index contributed by atoms with van der Waals surface area (Å²) < 4.78 is 2.46. The fourth-order valence-corrected chi connectivity index (χ4v) is 2.07. The molecule has 1 aromatic heterocycles. The van der Waals surface area contributed by atoms with Crippen molar-refractivity contribution in [1.82, 2.24) is 19.4 Å². The fraction of sp³-hybridized carbons (Fsp3) is 0.400. The molecule has 0 fully saturated rings. The first-order chi connectivity index (χ1) is 9.40. The van der Waals surface area contributed by atoms with Gasteiger partial charge in [0.05, 0.1) is 6.54 Å². The first kappa shape index (κ1) is 13.8. The molecule has 4 N–H and O–H groups in total. The van der Waals surface area contributed by atoms with Crippen molar-refractivity contribution in [3.05, 3.63) is 33.1 Å². The van der Waals surface area contributed by atoms with E-state index >= 15 is 0 Å². The highest BCUT2D eigenvalue weighted by Crippen LogP contribution is 2.11. The van der Waals surface area contributed by atoms with Gasteiger partial charge >= 0.3 is 17.3 Å². The lowest BCUT2D eigenvalue weighted by Gasteiger charge is -2.16. The first-order valence-electron chi connectivity index (χ1n) is 5.74. The largest absolute Gasteiger partial charge is 0.479 e. The van der Waals surface area contributed by atoms with E-state index in [4.69, 9.17) is 10.9 Å². The standard InChI is InChI=1S/C10H13N5O5/c1-5(7(16)12-11)14-9(19)13-4-2-3-6(8(17)18)15(13)10(14)20/h2-3,5-6H,4,11H2,1H3,(H,12,16)(H,17,18). The van der Waals surface area contributed by atoms with E-state index in [2.05, 4.69) is 0 Å². The average Bonchev–Trinajstić information content (AvgIpc) is 2.69. The zero-order valence-electron chi connectivity index (χ0n) is 10.5. The van der Waals surface area contributed by atoms with E-state index in [1.807, 2.05) is 5.43 Å². The Hall–Kier alpha value is -2.62. The topological polar surface area (TPSA) is 141 Å². The summed E-state index contributed by atoms with van der Waals surface area (Å²) in [7, 11) is 0. The molecule has 1 aliphatic rings. The summed E-state index contributed by atoms with van der Waals surface area (Å²) in [5.41, 5.74) is 0.209. The number of carboxylic acids is 1. The minimum Gasteiger partial charge on any atom is -0.479 e. The maximum atomic E-state index is 12.2. The van der Waals surface area contributed by atoms with Crippen LogP contribution in [0.25, 0.3) is 0 Å². The van der Waals surface area contributed by atoms with Crippen molar-refractivity contribution in [3.8, 4) is 0 Å².